The number of nitrogens with zero attached hydrogens (tertiary/aromatic N) is 1. The average Bonchev–Trinajstić information content (AvgIpc) is 2.87. The molecule has 1 fully saturated rings. The zero-order valence-electron chi connectivity index (χ0n) is 13.1. The summed E-state index contributed by atoms with van der Waals surface area (Å²) in [5, 5.41) is 2.65. The molecule has 0 aliphatic carbocycles. The lowest BCUT2D eigenvalue weighted by Crippen LogP contribution is -2.40. The summed E-state index contributed by atoms with van der Waals surface area (Å²) < 4.78 is 28.0. The smallest absolute Gasteiger partial charge is 0.340 e. The molecule has 1 aromatic rings. The van der Waals surface area contributed by atoms with Gasteiger partial charge >= 0.3 is 12.0 Å². The van der Waals surface area contributed by atoms with Gasteiger partial charge in [-0.1, -0.05) is 12.1 Å². The highest BCUT2D eigenvalue weighted by Crippen LogP contribution is 2.20. The summed E-state index contributed by atoms with van der Waals surface area (Å²) >= 11 is 0. The number of carbonyl (C=O) groups excluding carboxylic acids is 2. The van der Waals surface area contributed by atoms with Crippen molar-refractivity contribution in [2.24, 2.45) is 0 Å². The van der Waals surface area contributed by atoms with Crippen molar-refractivity contribution < 1.29 is 22.7 Å². The van der Waals surface area contributed by atoms with Crippen molar-refractivity contribution in [1.29, 1.82) is 0 Å². The van der Waals surface area contributed by atoms with E-state index in [4.69, 9.17) is 4.74 Å². The molecule has 1 heterocycles. The van der Waals surface area contributed by atoms with Crippen LogP contribution in [0.1, 0.15) is 23.7 Å². The Morgan fingerprint density at radius 2 is 2.04 bits per heavy atom. The molecule has 126 valence electrons. The second kappa shape index (κ2) is 6.99. The van der Waals surface area contributed by atoms with E-state index in [0.717, 1.165) is 0 Å². The summed E-state index contributed by atoms with van der Waals surface area (Å²) in [4.78, 5) is 25.6. The number of anilines is 1. The highest BCUT2D eigenvalue weighted by molar-refractivity contribution is 7.91. The van der Waals surface area contributed by atoms with Crippen LogP contribution in [0.5, 0.6) is 0 Å². The average molecular weight is 340 g/mol. The fraction of sp³-hybridized carbons (Fsp3) is 0.467. The van der Waals surface area contributed by atoms with E-state index in [9.17, 15) is 18.0 Å². The van der Waals surface area contributed by atoms with Crippen molar-refractivity contribution in [3.8, 4) is 0 Å². The van der Waals surface area contributed by atoms with Crippen LogP contribution in [0.2, 0.25) is 0 Å². The van der Waals surface area contributed by atoms with Crippen molar-refractivity contribution in [2.75, 3.05) is 30.5 Å². The first-order valence-corrected chi connectivity index (χ1v) is 9.16. The first-order chi connectivity index (χ1) is 10.8. The van der Waals surface area contributed by atoms with Crippen LogP contribution in [-0.4, -0.2) is 56.5 Å². The fourth-order valence-electron chi connectivity index (χ4n) is 2.43. The third kappa shape index (κ3) is 4.22. The van der Waals surface area contributed by atoms with Gasteiger partial charge in [-0.15, -0.1) is 0 Å². The standard InChI is InChI=1S/C15H20N2O5S/c1-3-22-14(18)12-6-4-5-7-13(12)16-15(19)17(2)11-8-9-23(20,21)10-11/h4-7,11H,3,8-10H2,1-2H3,(H,16,19). The molecular formula is C15H20N2O5S. The van der Waals surface area contributed by atoms with Gasteiger partial charge in [-0.25, -0.2) is 18.0 Å². The van der Waals surface area contributed by atoms with E-state index >= 15 is 0 Å². The van der Waals surface area contributed by atoms with Crippen LogP contribution in [0.4, 0.5) is 10.5 Å². The van der Waals surface area contributed by atoms with E-state index < -0.39 is 21.8 Å². The van der Waals surface area contributed by atoms with Gasteiger partial charge in [0.25, 0.3) is 0 Å². The third-order valence-corrected chi connectivity index (χ3v) is 5.49. The molecule has 7 nitrogen and oxygen atoms in total. The number of amides is 2. The molecular weight excluding hydrogens is 320 g/mol. The van der Waals surface area contributed by atoms with Crippen LogP contribution in [0.15, 0.2) is 24.3 Å². The van der Waals surface area contributed by atoms with Crippen LogP contribution >= 0.6 is 0 Å². The van der Waals surface area contributed by atoms with Gasteiger partial charge in [-0.05, 0) is 25.5 Å². The van der Waals surface area contributed by atoms with Crippen LogP contribution in [0.25, 0.3) is 0 Å². The molecule has 1 aliphatic heterocycles. The highest BCUT2D eigenvalue weighted by Gasteiger charge is 2.33. The molecule has 0 bridgehead atoms. The second-order valence-corrected chi connectivity index (χ2v) is 7.59. The number of hydrogen-bond acceptors (Lipinski definition) is 5. The molecule has 0 aromatic heterocycles. The van der Waals surface area contributed by atoms with E-state index in [0.29, 0.717) is 12.1 Å². The predicted octanol–water partition coefficient (Wildman–Crippen LogP) is 1.51. The largest absolute Gasteiger partial charge is 0.462 e. The summed E-state index contributed by atoms with van der Waals surface area (Å²) in [6.07, 6.45) is 0.422. The number of carbonyl (C=O) groups is 2. The molecule has 1 atom stereocenters. The van der Waals surface area contributed by atoms with Gasteiger partial charge in [0.1, 0.15) is 0 Å². The number of benzene rings is 1. The molecule has 1 saturated heterocycles. The van der Waals surface area contributed by atoms with E-state index in [2.05, 4.69) is 5.32 Å². The Morgan fingerprint density at radius 1 is 1.35 bits per heavy atom. The third-order valence-electron chi connectivity index (χ3n) is 3.74. The monoisotopic (exact) mass is 340 g/mol. The summed E-state index contributed by atoms with van der Waals surface area (Å²) in [6, 6.07) is 5.73. The zero-order valence-corrected chi connectivity index (χ0v) is 13.9. The minimum absolute atomic E-state index is 0.0313. The van der Waals surface area contributed by atoms with E-state index in [1.54, 1.807) is 38.2 Å². The lowest BCUT2D eigenvalue weighted by atomic mass is 10.2. The van der Waals surface area contributed by atoms with E-state index in [1.807, 2.05) is 0 Å². The van der Waals surface area contributed by atoms with Gasteiger partial charge < -0.3 is 15.0 Å². The SMILES string of the molecule is CCOC(=O)c1ccccc1NC(=O)N(C)C1CCS(=O)(=O)C1. The van der Waals surface area contributed by atoms with Gasteiger partial charge in [-0.2, -0.15) is 0 Å². The van der Waals surface area contributed by atoms with Crippen molar-refractivity contribution in [2.45, 2.75) is 19.4 Å². The topological polar surface area (TPSA) is 92.8 Å². The number of sulfone groups is 1. The van der Waals surface area contributed by atoms with Crippen LogP contribution in [-0.2, 0) is 14.6 Å². The van der Waals surface area contributed by atoms with Gasteiger partial charge in [0.2, 0.25) is 0 Å². The summed E-state index contributed by atoms with van der Waals surface area (Å²) in [7, 11) is -1.52. The molecule has 1 aliphatic rings. The number of rotatable bonds is 4. The molecule has 0 spiro atoms. The Kier molecular flexibility index (Phi) is 5.25. The molecule has 8 heteroatoms. The van der Waals surface area contributed by atoms with Crippen LogP contribution in [0.3, 0.4) is 0 Å². The second-order valence-electron chi connectivity index (χ2n) is 5.36. The maximum atomic E-state index is 12.3. The zero-order chi connectivity index (χ0) is 17.0. The van der Waals surface area contributed by atoms with E-state index in [1.165, 1.54) is 4.90 Å². The Balaban J connectivity index is 2.10. The normalized spacial score (nSPS) is 19.1. The number of esters is 1. The molecule has 1 aromatic carbocycles. The lowest BCUT2D eigenvalue weighted by Gasteiger charge is -2.24. The highest BCUT2D eigenvalue weighted by atomic mass is 32.2. The summed E-state index contributed by atoms with van der Waals surface area (Å²) in [6.45, 7) is 1.94. The molecule has 2 amide bonds. The van der Waals surface area contributed by atoms with Crippen molar-refractivity contribution in [3.05, 3.63) is 29.8 Å². The maximum absolute atomic E-state index is 12.3. The molecule has 0 radical (unpaired) electrons. The van der Waals surface area contributed by atoms with Gasteiger partial charge in [0.05, 0.1) is 29.4 Å². The fourth-order valence-corrected chi connectivity index (χ4v) is 4.20. The number of nitrogens with one attached hydrogen (secondary N) is 1. The van der Waals surface area contributed by atoms with Crippen molar-refractivity contribution in [1.82, 2.24) is 4.90 Å². The maximum Gasteiger partial charge on any atom is 0.340 e. The Bertz CT molecular complexity index is 702. The van der Waals surface area contributed by atoms with Crippen molar-refractivity contribution >= 4 is 27.5 Å². The molecule has 0 saturated carbocycles. The Hall–Kier alpha value is -2.09. The number of hydrogen-bond donors (Lipinski definition) is 1. The first-order valence-electron chi connectivity index (χ1n) is 7.34. The molecule has 2 rings (SSSR count). The van der Waals surface area contributed by atoms with E-state index in [-0.39, 0.29) is 29.7 Å². The van der Waals surface area contributed by atoms with Gasteiger partial charge in [0.15, 0.2) is 9.84 Å². The Morgan fingerprint density at radius 3 is 2.65 bits per heavy atom. The minimum atomic E-state index is -3.07. The van der Waals surface area contributed by atoms with Crippen LogP contribution < -0.4 is 5.32 Å². The van der Waals surface area contributed by atoms with Crippen LogP contribution in [0, 0.1) is 0 Å². The Labute approximate surface area is 135 Å². The van der Waals surface area contributed by atoms with Gasteiger partial charge in [-0.3, -0.25) is 0 Å². The summed E-state index contributed by atoms with van der Waals surface area (Å²) in [5.74, 6) is -0.458. The quantitative estimate of drug-likeness (QED) is 0.839. The first kappa shape index (κ1) is 17.3. The minimum Gasteiger partial charge on any atom is -0.462 e. The number of ether oxygens (including phenoxy) is 1. The van der Waals surface area contributed by atoms with Gasteiger partial charge in [0, 0.05) is 13.1 Å². The van der Waals surface area contributed by atoms with Crippen molar-refractivity contribution in [3.63, 3.8) is 0 Å². The number of para-hydroxylation sites is 1. The number of urea groups is 1. The lowest BCUT2D eigenvalue weighted by molar-refractivity contribution is 0.0527. The molecule has 23 heavy (non-hydrogen) atoms. The predicted molar refractivity (Wildman–Crippen MR) is 86.2 cm³/mol. The molecule has 1 unspecified atom stereocenters. The summed E-state index contributed by atoms with van der Waals surface area (Å²) in [5.41, 5.74) is 0.596. The molecule has 1 N–H and O–H groups in total.